The van der Waals surface area contributed by atoms with Crippen molar-refractivity contribution in [3.8, 4) is 0 Å². The predicted molar refractivity (Wildman–Crippen MR) is 100 cm³/mol. The van der Waals surface area contributed by atoms with Gasteiger partial charge in [0.25, 0.3) is 11.8 Å². The first kappa shape index (κ1) is 21.0. The summed E-state index contributed by atoms with van der Waals surface area (Å²) in [7, 11) is 0. The molecule has 150 valence electrons. The van der Waals surface area contributed by atoms with Gasteiger partial charge in [0.05, 0.1) is 28.8 Å². The molecule has 2 aromatic rings. The quantitative estimate of drug-likeness (QED) is 0.382. The number of amides is 2. The Kier molecular flexibility index (Phi) is 6.46. The molecule has 28 heavy (non-hydrogen) atoms. The summed E-state index contributed by atoms with van der Waals surface area (Å²) >= 11 is 0.840. The van der Waals surface area contributed by atoms with Gasteiger partial charge in [0.15, 0.2) is 6.54 Å². The molecule has 2 rings (SSSR count). The van der Waals surface area contributed by atoms with Gasteiger partial charge in [0.1, 0.15) is 5.00 Å². The van der Waals surface area contributed by atoms with Gasteiger partial charge in [0, 0.05) is 0 Å². The van der Waals surface area contributed by atoms with E-state index >= 15 is 0 Å². The molecule has 0 fully saturated rings. The molecular weight excluding hydrogens is 390 g/mol. The lowest BCUT2D eigenvalue weighted by Crippen LogP contribution is -2.21. The summed E-state index contributed by atoms with van der Waals surface area (Å²) in [5, 5.41) is 17.5. The molecule has 0 aliphatic heterocycles. The first-order chi connectivity index (χ1) is 13.1. The van der Waals surface area contributed by atoms with Crippen molar-refractivity contribution < 1.29 is 24.0 Å². The standard InChI is InChI=1S/C16H19N5O6S/c1-4-5-27-16(24)12-9(3)13(14(17)23)28-15(12)18-10(22)7-20-11(21(25)26)6-8(2)19-20/h6H,4-5,7H2,1-3H3,(H2,17,23)(H,18,22). The SMILES string of the molecule is CCCOC(=O)c1c(NC(=O)Cn2nc(C)cc2[N+](=O)[O-])sc(C(N)=O)c1C. The smallest absolute Gasteiger partial charge is 0.345 e. The fraction of sp³-hybridized carbons (Fsp3) is 0.375. The number of aromatic nitrogens is 2. The Labute approximate surface area is 163 Å². The van der Waals surface area contributed by atoms with Crippen LogP contribution in [0.2, 0.25) is 0 Å². The molecule has 0 atom stereocenters. The van der Waals surface area contributed by atoms with Gasteiger partial charge in [0.2, 0.25) is 0 Å². The van der Waals surface area contributed by atoms with Crippen molar-refractivity contribution in [3.05, 3.63) is 37.9 Å². The minimum atomic E-state index is -0.745. The zero-order chi connectivity index (χ0) is 21.0. The molecule has 2 heterocycles. The number of thiophene rings is 1. The van der Waals surface area contributed by atoms with Gasteiger partial charge in [-0.1, -0.05) is 12.0 Å². The molecule has 0 aliphatic carbocycles. The number of anilines is 1. The summed E-state index contributed by atoms with van der Waals surface area (Å²) < 4.78 is 6.04. The molecule has 2 amide bonds. The van der Waals surface area contributed by atoms with Gasteiger partial charge in [-0.05, 0) is 30.8 Å². The normalized spacial score (nSPS) is 10.5. The van der Waals surface area contributed by atoms with Gasteiger partial charge >= 0.3 is 11.8 Å². The van der Waals surface area contributed by atoms with Crippen LogP contribution in [0.1, 0.15) is 44.6 Å². The summed E-state index contributed by atoms with van der Waals surface area (Å²) in [6.45, 7) is 4.63. The monoisotopic (exact) mass is 409 g/mol. The zero-order valence-electron chi connectivity index (χ0n) is 15.5. The molecule has 0 aromatic carbocycles. The second-order valence-electron chi connectivity index (χ2n) is 5.87. The van der Waals surface area contributed by atoms with Crippen LogP contribution in [0, 0.1) is 24.0 Å². The van der Waals surface area contributed by atoms with E-state index in [1.165, 1.54) is 13.0 Å². The zero-order valence-corrected chi connectivity index (χ0v) is 16.3. The number of nitrogens with two attached hydrogens (primary N) is 1. The van der Waals surface area contributed by atoms with E-state index in [9.17, 15) is 24.5 Å². The number of nitrogens with zero attached hydrogens (tertiary/aromatic N) is 3. The van der Waals surface area contributed by atoms with Crippen LogP contribution < -0.4 is 11.1 Å². The Bertz CT molecular complexity index is 948. The molecular formula is C16H19N5O6S. The Hall–Kier alpha value is -3.28. The summed E-state index contributed by atoms with van der Waals surface area (Å²) in [5.74, 6) is -2.44. The van der Waals surface area contributed by atoms with Gasteiger partial charge in [-0.3, -0.25) is 9.59 Å². The summed E-state index contributed by atoms with van der Waals surface area (Å²) in [6, 6.07) is 1.24. The van der Waals surface area contributed by atoms with Gasteiger partial charge < -0.3 is 25.9 Å². The van der Waals surface area contributed by atoms with Gasteiger partial charge in [-0.25, -0.2) is 4.79 Å². The maximum absolute atomic E-state index is 12.4. The lowest BCUT2D eigenvalue weighted by atomic mass is 10.1. The molecule has 11 nitrogen and oxygen atoms in total. The van der Waals surface area contributed by atoms with Gasteiger partial charge in [-0.15, -0.1) is 16.0 Å². The number of esters is 1. The highest BCUT2D eigenvalue weighted by atomic mass is 32.1. The highest BCUT2D eigenvalue weighted by molar-refractivity contribution is 7.18. The van der Waals surface area contributed by atoms with Crippen LogP contribution in [0.15, 0.2) is 6.07 Å². The first-order valence-corrected chi connectivity index (χ1v) is 9.06. The Balaban J connectivity index is 2.30. The average molecular weight is 409 g/mol. The van der Waals surface area contributed by atoms with Crippen LogP contribution in [0.4, 0.5) is 10.8 Å². The third-order valence-corrected chi connectivity index (χ3v) is 4.85. The van der Waals surface area contributed by atoms with E-state index in [1.54, 1.807) is 6.92 Å². The van der Waals surface area contributed by atoms with E-state index in [-0.39, 0.29) is 27.9 Å². The van der Waals surface area contributed by atoms with Crippen molar-refractivity contribution in [1.82, 2.24) is 9.78 Å². The topological polar surface area (TPSA) is 159 Å². The van der Waals surface area contributed by atoms with Crippen LogP contribution >= 0.6 is 11.3 Å². The largest absolute Gasteiger partial charge is 0.462 e. The number of primary amides is 1. The highest BCUT2D eigenvalue weighted by Crippen LogP contribution is 2.33. The molecule has 12 heteroatoms. The molecule has 0 bridgehead atoms. The van der Waals surface area contributed by atoms with Crippen LogP contribution in [0.25, 0.3) is 0 Å². The van der Waals surface area contributed by atoms with E-state index in [4.69, 9.17) is 10.5 Å². The minimum Gasteiger partial charge on any atom is -0.462 e. The van der Waals surface area contributed by atoms with E-state index in [0.29, 0.717) is 17.7 Å². The lowest BCUT2D eigenvalue weighted by molar-refractivity contribution is -0.392. The Morgan fingerprint density at radius 1 is 1.39 bits per heavy atom. The molecule has 0 saturated carbocycles. The molecule has 0 unspecified atom stereocenters. The van der Waals surface area contributed by atoms with E-state index < -0.39 is 29.3 Å². The number of nitrogens with one attached hydrogen (secondary N) is 1. The highest BCUT2D eigenvalue weighted by Gasteiger charge is 2.27. The summed E-state index contributed by atoms with van der Waals surface area (Å²) in [6.07, 6.45) is 0.599. The van der Waals surface area contributed by atoms with Crippen molar-refractivity contribution in [2.75, 3.05) is 11.9 Å². The van der Waals surface area contributed by atoms with Crippen LogP contribution in [0.5, 0.6) is 0 Å². The number of carbonyl (C=O) groups excluding carboxylic acids is 3. The molecule has 0 saturated heterocycles. The van der Waals surface area contributed by atoms with Crippen molar-refractivity contribution >= 4 is 39.9 Å². The number of nitro groups is 1. The van der Waals surface area contributed by atoms with Crippen LogP contribution in [-0.4, -0.2) is 39.1 Å². The molecule has 2 aromatic heterocycles. The fourth-order valence-corrected chi connectivity index (χ4v) is 3.51. The molecule has 0 radical (unpaired) electrons. The van der Waals surface area contributed by atoms with Crippen LogP contribution in [-0.2, 0) is 16.1 Å². The summed E-state index contributed by atoms with van der Waals surface area (Å²) in [4.78, 5) is 46.8. The van der Waals surface area contributed by atoms with E-state index in [0.717, 1.165) is 16.0 Å². The van der Waals surface area contributed by atoms with Crippen molar-refractivity contribution in [2.45, 2.75) is 33.7 Å². The third-order valence-electron chi connectivity index (χ3n) is 3.63. The van der Waals surface area contributed by atoms with E-state index in [1.807, 2.05) is 6.92 Å². The predicted octanol–water partition coefficient (Wildman–Crippen LogP) is 1.77. The number of aryl methyl sites for hydroxylation is 1. The molecule has 0 spiro atoms. The third kappa shape index (κ3) is 4.52. The number of ether oxygens (including phenoxy) is 1. The van der Waals surface area contributed by atoms with Crippen LogP contribution in [0.3, 0.4) is 0 Å². The maximum atomic E-state index is 12.4. The number of carbonyl (C=O) groups is 3. The second-order valence-corrected chi connectivity index (χ2v) is 6.89. The second kappa shape index (κ2) is 8.61. The van der Waals surface area contributed by atoms with Gasteiger partial charge in [-0.2, -0.15) is 0 Å². The number of hydrogen-bond donors (Lipinski definition) is 2. The number of rotatable bonds is 8. The van der Waals surface area contributed by atoms with E-state index in [2.05, 4.69) is 10.4 Å². The average Bonchev–Trinajstić information content (AvgIpc) is 3.12. The summed E-state index contributed by atoms with van der Waals surface area (Å²) in [5.41, 5.74) is 6.04. The fourth-order valence-electron chi connectivity index (χ4n) is 2.45. The number of hydrogen-bond acceptors (Lipinski definition) is 8. The Morgan fingerprint density at radius 2 is 2.07 bits per heavy atom. The van der Waals surface area contributed by atoms with Crippen molar-refractivity contribution in [3.63, 3.8) is 0 Å². The Morgan fingerprint density at radius 3 is 2.64 bits per heavy atom. The van der Waals surface area contributed by atoms with Crippen molar-refractivity contribution in [1.29, 1.82) is 0 Å². The maximum Gasteiger partial charge on any atom is 0.345 e. The molecule has 3 N–H and O–H groups in total. The van der Waals surface area contributed by atoms with Crippen molar-refractivity contribution in [2.24, 2.45) is 5.73 Å². The molecule has 0 aliphatic rings. The lowest BCUT2D eigenvalue weighted by Gasteiger charge is -2.07. The first-order valence-electron chi connectivity index (χ1n) is 8.24. The minimum absolute atomic E-state index is 0.0340.